The summed E-state index contributed by atoms with van der Waals surface area (Å²) in [6.45, 7) is 2.59. The van der Waals surface area contributed by atoms with Crippen molar-refractivity contribution in [1.29, 1.82) is 0 Å². The van der Waals surface area contributed by atoms with E-state index in [1.165, 1.54) is 4.90 Å². The number of carbonyl (C=O) groups is 3. The van der Waals surface area contributed by atoms with Crippen molar-refractivity contribution in [3.63, 3.8) is 0 Å². The Bertz CT molecular complexity index is 626. The fourth-order valence-electron chi connectivity index (χ4n) is 3.24. The molecule has 2 aliphatic heterocycles. The number of rotatable bonds is 3. The lowest BCUT2D eigenvalue weighted by molar-refractivity contribution is -0.128. The molecule has 1 aromatic rings. The summed E-state index contributed by atoms with van der Waals surface area (Å²) in [7, 11) is 0. The summed E-state index contributed by atoms with van der Waals surface area (Å²) in [5.74, 6) is -0.602. The van der Waals surface area contributed by atoms with Crippen molar-refractivity contribution in [3.05, 3.63) is 29.8 Å². The van der Waals surface area contributed by atoms with E-state index in [-0.39, 0.29) is 17.7 Å². The minimum absolute atomic E-state index is 0.141. The fourth-order valence-corrected chi connectivity index (χ4v) is 3.24. The third-order valence-corrected chi connectivity index (χ3v) is 4.39. The van der Waals surface area contributed by atoms with Gasteiger partial charge in [0.25, 0.3) is 11.8 Å². The first-order valence-corrected chi connectivity index (χ1v) is 7.92. The van der Waals surface area contributed by atoms with E-state index in [0.29, 0.717) is 30.6 Å². The number of unbranched alkanes of at least 4 members (excludes halogenated alkanes) is 1. The number of imide groups is 1. The Morgan fingerprint density at radius 2 is 2.05 bits per heavy atom. The highest BCUT2D eigenvalue weighted by Gasteiger charge is 2.43. The van der Waals surface area contributed by atoms with Crippen LogP contribution in [0.2, 0.25) is 0 Å². The van der Waals surface area contributed by atoms with Crippen LogP contribution in [0.25, 0.3) is 0 Å². The minimum atomic E-state index is -0.495. The molecule has 0 saturated carbocycles. The average molecular weight is 300 g/mol. The van der Waals surface area contributed by atoms with Crippen LogP contribution >= 0.6 is 0 Å². The number of amides is 3. The second kappa shape index (κ2) is 5.91. The summed E-state index contributed by atoms with van der Waals surface area (Å²) in [5.41, 5.74) is 0.887. The van der Waals surface area contributed by atoms with Crippen LogP contribution in [0.15, 0.2) is 24.3 Å². The van der Waals surface area contributed by atoms with Crippen molar-refractivity contribution in [3.8, 4) is 0 Å². The standard InChI is InChI=1S/C17H20N2O3/c1-2-3-10-15(20)19-13-8-5-4-7-12(13)16(21)18-11-6-9-14(18)17(19)22/h4-5,7-8,14H,2-3,6,9-11H2,1H3/t14-/m1/s1. The summed E-state index contributed by atoms with van der Waals surface area (Å²) in [4.78, 5) is 41.0. The SMILES string of the molecule is CCCCC(=O)N1C(=O)[C@H]2CCCN2C(=O)c2ccccc21. The van der Waals surface area contributed by atoms with Gasteiger partial charge in [0.05, 0.1) is 11.3 Å². The Labute approximate surface area is 129 Å². The Balaban J connectivity index is 2.06. The molecule has 3 amide bonds. The monoisotopic (exact) mass is 300 g/mol. The summed E-state index contributed by atoms with van der Waals surface area (Å²) in [5, 5.41) is 0. The highest BCUT2D eigenvalue weighted by atomic mass is 16.2. The molecule has 1 fully saturated rings. The first kappa shape index (κ1) is 14.8. The molecule has 0 bridgehead atoms. The summed E-state index contributed by atoms with van der Waals surface area (Å²) in [6, 6.07) is 6.43. The predicted molar refractivity (Wildman–Crippen MR) is 82.5 cm³/mol. The molecular formula is C17H20N2O3. The maximum atomic E-state index is 12.9. The average Bonchev–Trinajstić information content (AvgIpc) is 2.99. The van der Waals surface area contributed by atoms with Gasteiger partial charge in [-0.15, -0.1) is 0 Å². The summed E-state index contributed by atoms with van der Waals surface area (Å²) >= 11 is 0. The van der Waals surface area contributed by atoms with E-state index in [1.807, 2.05) is 6.92 Å². The van der Waals surface area contributed by atoms with E-state index >= 15 is 0 Å². The topological polar surface area (TPSA) is 57.7 Å². The molecule has 2 aliphatic rings. The van der Waals surface area contributed by atoms with Crippen molar-refractivity contribution in [1.82, 2.24) is 4.90 Å². The van der Waals surface area contributed by atoms with Gasteiger partial charge in [-0.3, -0.25) is 14.4 Å². The van der Waals surface area contributed by atoms with Crippen LogP contribution in [-0.2, 0) is 9.59 Å². The second-order valence-corrected chi connectivity index (χ2v) is 5.84. The van der Waals surface area contributed by atoms with Gasteiger partial charge in [-0.1, -0.05) is 25.5 Å². The van der Waals surface area contributed by atoms with Crippen molar-refractivity contribution in [2.75, 3.05) is 11.4 Å². The molecule has 5 heteroatoms. The Hall–Kier alpha value is -2.17. The molecule has 0 unspecified atom stereocenters. The van der Waals surface area contributed by atoms with Gasteiger partial charge in [0.2, 0.25) is 5.91 Å². The molecule has 0 aromatic heterocycles. The second-order valence-electron chi connectivity index (χ2n) is 5.84. The van der Waals surface area contributed by atoms with E-state index < -0.39 is 6.04 Å². The third kappa shape index (κ3) is 2.30. The molecule has 0 aliphatic carbocycles. The van der Waals surface area contributed by atoms with E-state index in [9.17, 15) is 14.4 Å². The smallest absolute Gasteiger partial charge is 0.256 e. The van der Waals surface area contributed by atoms with Crippen molar-refractivity contribution in [2.45, 2.75) is 45.1 Å². The number of hydrogen-bond acceptors (Lipinski definition) is 3. The first-order chi connectivity index (χ1) is 10.6. The number of para-hydroxylation sites is 1. The van der Waals surface area contributed by atoms with Crippen LogP contribution in [-0.4, -0.2) is 35.2 Å². The molecular weight excluding hydrogens is 280 g/mol. The van der Waals surface area contributed by atoms with Gasteiger partial charge in [-0.2, -0.15) is 0 Å². The lowest BCUT2D eigenvalue weighted by atomic mass is 10.1. The Morgan fingerprint density at radius 3 is 2.82 bits per heavy atom. The van der Waals surface area contributed by atoms with Crippen LogP contribution in [0.1, 0.15) is 49.4 Å². The lowest BCUT2D eigenvalue weighted by Gasteiger charge is -2.24. The van der Waals surface area contributed by atoms with E-state index in [1.54, 1.807) is 29.2 Å². The number of fused-ring (bicyclic) bond motifs is 2. The normalized spacial score (nSPS) is 20.7. The van der Waals surface area contributed by atoms with E-state index in [0.717, 1.165) is 19.3 Å². The lowest BCUT2D eigenvalue weighted by Crippen LogP contribution is -2.47. The number of hydrogen-bond donors (Lipinski definition) is 0. The number of benzene rings is 1. The van der Waals surface area contributed by atoms with Crippen LogP contribution in [0.3, 0.4) is 0 Å². The van der Waals surface area contributed by atoms with Gasteiger partial charge >= 0.3 is 0 Å². The van der Waals surface area contributed by atoms with Gasteiger partial charge in [0.1, 0.15) is 6.04 Å². The molecule has 0 radical (unpaired) electrons. The molecule has 22 heavy (non-hydrogen) atoms. The van der Waals surface area contributed by atoms with Crippen molar-refractivity contribution < 1.29 is 14.4 Å². The molecule has 0 N–H and O–H groups in total. The number of anilines is 1. The first-order valence-electron chi connectivity index (χ1n) is 7.92. The molecule has 1 aromatic carbocycles. The number of carbonyl (C=O) groups excluding carboxylic acids is 3. The summed E-state index contributed by atoms with van der Waals surface area (Å²) < 4.78 is 0. The minimum Gasteiger partial charge on any atom is -0.327 e. The van der Waals surface area contributed by atoms with E-state index in [4.69, 9.17) is 0 Å². The largest absolute Gasteiger partial charge is 0.327 e. The van der Waals surface area contributed by atoms with Crippen LogP contribution in [0, 0.1) is 0 Å². The fraction of sp³-hybridized carbons (Fsp3) is 0.471. The molecule has 1 atom stereocenters. The quantitative estimate of drug-likeness (QED) is 0.861. The number of nitrogens with zero attached hydrogens (tertiary/aromatic N) is 2. The zero-order chi connectivity index (χ0) is 15.7. The molecule has 1 saturated heterocycles. The van der Waals surface area contributed by atoms with E-state index in [2.05, 4.69) is 0 Å². The molecule has 0 spiro atoms. The molecule has 3 rings (SSSR count). The molecule has 116 valence electrons. The zero-order valence-corrected chi connectivity index (χ0v) is 12.7. The van der Waals surface area contributed by atoms with Gasteiger partial charge in [-0.05, 0) is 31.4 Å². The van der Waals surface area contributed by atoms with Gasteiger partial charge in [0, 0.05) is 13.0 Å². The van der Waals surface area contributed by atoms with Crippen molar-refractivity contribution >= 4 is 23.4 Å². The van der Waals surface area contributed by atoms with Crippen LogP contribution in [0.5, 0.6) is 0 Å². The zero-order valence-electron chi connectivity index (χ0n) is 12.7. The maximum Gasteiger partial charge on any atom is 0.256 e. The van der Waals surface area contributed by atoms with Crippen LogP contribution < -0.4 is 4.90 Å². The molecule has 5 nitrogen and oxygen atoms in total. The van der Waals surface area contributed by atoms with Crippen molar-refractivity contribution in [2.24, 2.45) is 0 Å². The van der Waals surface area contributed by atoms with Gasteiger partial charge in [-0.25, -0.2) is 4.90 Å². The Morgan fingerprint density at radius 1 is 1.27 bits per heavy atom. The molecule has 2 heterocycles. The maximum absolute atomic E-state index is 12.9. The third-order valence-electron chi connectivity index (χ3n) is 4.39. The Kier molecular flexibility index (Phi) is 3.96. The highest BCUT2D eigenvalue weighted by molar-refractivity contribution is 6.22. The predicted octanol–water partition coefficient (Wildman–Crippen LogP) is 2.35. The van der Waals surface area contributed by atoms with Gasteiger partial charge < -0.3 is 4.90 Å². The summed E-state index contributed by atoms with van der Waals surface area (Å²) in [6.07, 6.45) is 3.41. The van der Waals surface area contributed by atoms with Gasteiger partial charge in [0.15, 0.2) is 0 Å². The highest BCUT2D eigenvalue weighted by Crippen LogP contribution is 2.32. The van der Waals surface area contributed by atoms with Crippen LogP contribution in [0.4, 0.5) is 5.69 Å².